The lowest BCUT2D eigenvalue weighted by atomic mass is 10.3. The monoisotopic (exact) mass is 271 g/mol. The Bertz CT molecular complexity index is 394. The van der Waals surface area contributed by atoms with Crippen molar-refractivity contribution >= 4 is 17.3 Å². The van der Waals surface area contributed by atoms with Crippen LogP contribution in [0.25, 0.3) is 0 Å². The molecule has 96 valence electrons. The third-order valence-corrected chi connectivity index (χ3v) is 2.82. The molecule has 0 radical (unpaired) electrons. The first-order chi connectivity index (χ1) is 7.83. The van der Waals surface area contributed by atoms with E-state index in [1.54, 1.807) is 0 Å². The molecule has 0 saturated heterocycles. The molecule has 0 aliphatic rings. The van der Waals surface area contributed by atoms with Gasteiger partial charge in [-0.05, 0) is 6.07 Å². The number of halogens is 4. The maximum Gasteiger partial charge on any atom is 0.336 e. The smallest absolute Gasteiger partial charge is 0.336 e. The maximum atomic E-state index is 12.5. The highest BCUT2D eigenvalue weighted by molar-refractivity contribution is 7.10. The molecule has 17 heavy (non-hydrogen) atoms. The number of nitrogens with one attached hydrogen (secondary N) is 1. The summed E-state index contributed by atoms with van der Waals surface area (Å²) in [6.45, 7) is -1.22. The number of aromatic carboxylic acids is 1. The maximum absolute atomic E-state index is 12.5. The Kier molecular flexibility index (Phi) is 4.47. The fourth-order valence-electron chi connectivity index (χ4n) is 1.02. The zero-order valence-corrected chi connectivity index (χ0v) is 9.24. The van der Waals surface area contributed by atoms with Crippen molar-refractivity contribution in [1.29, 1.82) is 0 Å². The molecule has 0 aliphatic heterocycles. The summed E-state index contributed by atoms with van der Waals surface area (Å²) < 4.78 is 48.5. The van der Waals surface area contributed by atoms with Crippen LogP contribution in [-0.2, 0) is 6.54 Å². The third-order valence-electron chi connectivity index (χ3n) is 1.88. The summed E-state index contributed by atoms with van der Waals surface area (Å²) in [5.41, 5.74) is 0.0485. The van der Waals surface area contributed by atoms with Crippen molar-refractivity contribution in [1.82, 2.24) is 5.32 Å². The molecule has 0 unspecified atom stereocenters. The van der Waals surface area contributed by atoms with Gasteiger partial charge in [-0.1, -0.05) is 0 Å². The van der Waals surface area contributed by atoms with Crippen LogP contribution in [0.3, 0.4) is 0 Å². The first kappa shape index (κ1) is 13.9. The Morgan fingerprint density at radius 2 is 2.18 bits per heavy atom. The highest BCUT2D eigenvalue weighted by atomic mass is 32.1. The van der Waals surface area contributed by atoms with E-state index in [2.05, 4.69) is 5.32 Å². The number of carbonyl (C=O) groups is 1. The molecule has 0 spiro atoms. The van der Waals surface area contributed by atoms with Crippen molar-refractivity contribution < 1.29 is 27.5 Å². The molecule has 0 aromatic carbocycles. The first-order valence-corrected chi connectivity index (χ1v) is 5.38. The van der Waals surface area contributed by atoms with Gasteiger partial charge in [-0.3, -0.25) is 0 Å². The van der Waals surface area contributed by atoms with E-state index in [0.29, 0.717) is 4.88 Å². The molecule has 0 atom stereocenters. The number of carboxylic acid groups (broad SMARTS) is 1. The van der Waals surface area contributed by atoms with Gasteiger partial charge in [-0.15, -0.1) is 11.3 Å². The van der Waals surface area contributed by atoms with Crippen LogP contribution in [0.5, 0.6) is 0 Å². The summed E-state index contributed by atoms with van der Waals surface area (Å²) in [6.07, 6.45) is -3.71. The fraction of sp³-hybridized carbons (Fsp3) is 0.444. The van der Waals surface area contributed by atoms with Crippen molar-refractivity contribution in [2.45, 2.75) is 18.9 Å². The second-order valence-electron chi connectivity index (χ2n) is 3.27. The average Bonchev–Trinajstić information content (AvgIpc) is 2.66. The summed E-state index contributed by atoms with van der Waals surface area (Å²) in [6, 6.07) is 1.31. The molecule has 0 fully saturated rings. The van der Waals surface area contributed by atoms with Crippen molar-refractivity contribution in [2.24, 2.45) is 0 Å². The predicted octanol–water partition coefficient (Wildman–Crippen LogP) is 2.44. The SMILES string of the molecule is O=C(O)c1csc(CNCC(F)(F)C(F)F)c1. The summed E-state index contributed by atoms with van der Waals surface area (Å²) in [5.74, 6) is -5.20. The van der Waals surface area contributed by atoms with E-state index in [0.717, 1.165) is 11.3 Å². The van der Waals surface area contributed by atoms with Gasteiger partial charge in [0.25, 0.3) is 0 Å². The molecular formula is C9H9F4NO2S. The molecule has 0 saturated carbocycles. The Balaban J connectivity index is 2.43. The standard InChI is InChI=1S/C9H9F4NO2S/c10-8(11)9(12,13)4-14-2-6-1-5(3-17-6)7(15)16/h1,3,8,14H,2,4H2,(H,15,16). The highest BCUT2D eigenvalue weighted by Gasteiger charge is 2.39. The van der Waals surface area contributed by atoms with E-state index in [1.165, 1.54) is 11.4 Å². The minimum absolute atomic E-state index is 0.0485. The van der Waals surface area contributed by atoms with Crippen LogP contribution in [-0.4, -0.2) is 30.0 Å². The van der Waals surface area contributed by atoms with Gasteiger partial charge >= 0.3 is 18.3 Å². The highest BCUT2D eigenvalue weighted by Crippen LogP contribution is 2.22. The minimum atomic E-state index is -4.08. The predicted molar refractivity (Wildman–Crippen MR) is 53.9 cm³/mol. The van der Waals surface area contributed by atoms with Crippen LogP contribution in [0.4, 0.5) is 17.6 Å². The van der Waals surface area contributed by atoms with Crippen molar-refractivity contribution in [3.63, 3.8) is 0 Å². The number of thiophene rings is 1. The quantitative estimate of drug-likeness (QED) is 0.781. The molecule has 0 amide bonds. The zero-order chi connectivity index (χ0) is 13.1. The number of alkyl halides is 4. The van der Waals surface area contributed by atoms with E-state index in [4.69, 9.17) is 5.11 Å². The van der Waals surface area contributed by atoms with Crippen molar-refractivity contribution in [2.75, 3.05) is 6.54 Å². The van der Waals surface area contributed by atoms with Gasteiger partial charge in [-0.2, -0.15) is 8.78 Å². The number of rotatable bonds is 6. The lowest BCUT2D eigenvalue weighted by Gasteiger charge is -2.15. The van der Waals surface area contributed by atoms with Gasteiger partial charge < -0.3 is 10.4 Å². The van der Waals surface area contributed by atoms with Crippen LogP contribution in [0, 0.1) is 0 Å². The molecular weight excluding hydrogens is 262 g/mol. The zero-order valence-electron chi connectivity index (χ0n) is 8.42. The Morgan fingerprint density at radius 1 is 1.53 bits per heavy atom. The largest absolute Gasteiger partial charge is 0.478 e. The Hall–Kier alpha value is -1.15. The van der Waals surface area contributed by atoms with E-state index >= 15 is 0 Å². The van der Waals surface area contributed by atoms with Crippen molar-refractivity contribution in [3.05, 3.63) is 21.9 Å². The van der Waals surface area contributed by atoms with Crippen LogP contribution in [0.1, 0.15) is 15.2 Å². The van der Waals surface area contributed by atoms with Crippen molar-refractivity contribution in [3.8, 4) is 0 Å². The second kappa shape index (κ2) is 5.46. The third kappa shape index (κ3) is 3.97. The molecule has 1 heterocycles. The average molecular weight is 271 g/mol. The summed E-state index contributed by atoms with van der Waals surface area (Å²) in [7, 11) is 0. The summed E-state index contributed by atoms with van der Waals surface area (Å²) in [4.78, 5) is 11.0. The number of hydrogen-bond donors (Lipinski definition) is 2. The molecule has 0 aliphatic carbocycles. The summed E-state index contributed by atoms with van der Waals surface area (Å²) in [5, 5.41) is 12.1. The fourth-order valence-corrected chi connectivity index (χ4v) is 1.84. The lowest BCUT2D eigenvalue weighted by Crippen LogP contribution is -2.38. The molecule has 3 nitrogen and oxygen atoms in total. The van der Waals surface area contributed by atoms with E-state index in [9.17, 15) is 22.4 Å². The minimum Gasteiger partial charge on any atom is -0.478 e. The van der Waals surface area contributed by atoms with Crippen LogP contribution in [0.2, 0.25) is 0 Å². The van der Waals surface area contributed by atoms with E-state index < -0.39 is 24.9 Å². The van der Waals surface area contributed by atoms with E-state index in [-0.39, 0.29) is 12.1 Å². The molecule has 1 rings (SSSR count). The summed E-state index contributed by atoms with van der Waals surface area (Å²) >= 11 is 1.06. The van der Waals surface area contributed by atoms with Gasteiger partial charge in [0.15, 0.2) is 0 Å². The lowest BCUT2D eigenvalue weighted by molar-refractivity contribution is -0.125. The second-order valence-corrected chi connectivity index (χ2v) is 4.27. The molecule has 1 aromatic rings. The normalized spacial score (nSPS) is 12.1. The van der Waals surface area contributed by atoms with Gasteiger partial charge in [0, 0.05) is 16.8 Å². The first-order valence-electron chi connectivity index (χ1n) is 4.50. The molecule has 0 bridgehead atoms. The number of carboxylic acids is 1. The topological polar surface area (TPSA) is 49.3 Å². The van der Waals surface area contributed by atoms with Gasteiger partial charge in [0.05, 0.1) is 12.1 Å². The van der Waals surface area contributed by atoms with Crippen LogP contribution in [0.15, 0.2) is 11.4 Å². The van der Waals surface area contributed by atoms with Gasteiger partial charge in [0.1, 0.15) is 0 Å². The Morgan fingerprint density at radius 3 is 2.65 bits per heavy atom. The molecule has 1 aromatic heterocycles. The van der Waals surface area contributed by atoms with E-state index in [1.807, 2.05) is 0 Å². The molecule has 2 N–H and O–H groups in total. The van der Waals surface area contributed by atoms with Crippen LogP contribution >= 0.6 is 11.3 Å². The Labute approximate surface area is 98.1 Å². The van der Waals surface area contributed by atoms with Gasteiger partial charge in [-0.25, -0.2) is 13.6 Å². The molecule has 8 heteroatoms. The number of hydrogen-bond acceptors (Lipinski definition) is 3. The van der Waals surface area contributed by atoms with Crippen LogP contribution < -0.4 is 5.32 Å². The van der Waals surface area contributed by atoms with Gasteiger partial charge in [0.2, 0.25) is 0 Å².